The van der Waals surface area contributed by atoms with Crippen molar-refractivity contribution in [1.29, 1.82) is 0 Å². The van der Waals surface area contributed by atoms with Crippen LogP contribution in [0.15, 0.2) is 29.2 Å². The highest BCUT2D eigenvalue weighted by molar-refractivity contribution is 7.92. The van der Waals surface area contributed by atoms with Gasteiger partial charge in [0.25, 0.3) is 0 Å². The summed E-state index contributed by atoms with van der Waals surface area (Å²) in [7, 11) is -4.07. The Morgan fingerprint density at radius 3 is 2.50 bits per heavy atom. The van der Waals surface area contributed by atoms with Crippen molar-refractivity contribution in [3.63, 3.8) is 0 Å². The number of carboxylic acid groups (broad SMARTS) is 1. The largest absolute Gasteiger partial charge is 0.483 e. The summed E-state index contributed by atoms with van der Waals surface area (Å²) in [5, 5.41) is 8.68. The number of aromatic carboxylic acids is 1. The molecule has 7 heteroatoms. The van der Waals surface area contributed by atoms with Gasteiger partial charge in [-0.15, -0.1) is 0 Å². The highest BCUT2D eigenvalue weighted by Gasteiger charge is 2.41. The molecule has 0 aromatic heterocycles. The van der Waals surface area contributed by atoms with Gasteiger partial charge in [0.2, 0.25) is 4.90 Å². The Morgan fingerprint density at radius 1 is 1.43 bits per heavy atom. The normalized spacial score (nSPS) is 14.7. The third-order valence-electron chi connectivity index (χ3n) is 1.54. The lowest BCUT2D eigenvalue weighted by Gasteiger charge is -1.97. The van der Waals surface area contributed by atoms with E-state index < -0.39 is 21.4 Å². The Kier molecular flexibility index (Phi) is 2.96. The predicted octanol–water partition coefficient (Wildman–Crippen LogP) is -0.323. The van der Waals surface area contributed by atoms with Crippen molar-refractivity contribution in [2.75, 3.05) is 0 Å². The van der Waals surface area contributed by atoms with E-state index in [0.29, 0.717) is 0 Å². The van der Waals surface area contributed by atoms with E-state index in [4.69, 9.17) is 5.11 Å². The van der Waals surface area contributed by atoms with Gasteiger partial charge in [0, 0.05) is 6.07 Å². The van der Waals surface area contributed by atoms with Crippen LogP contribution < -0.4 is 5.90 Å². The number of carboxylic acids is 1. The topological polar surface area (TPSA) is 111 Å². The van der Waals surface area contributed by atoms with Crippen molar-refractivity contribution in [1.82, 2.24) is 0 Å². The fraction of sp³-hybridized carbons (Fsp3) is 0. The van der Waals surface area contributed by atoms with Crippen LogP contribution in [0, 0.1) is 0 Å². The summed E-state index contributed by atoms with van der Waals surface area (Å²) < 4.78 is 26.3. The van der Waals surface area contributed by atoms with Gasteiger partial charge < -0.3 is 5.11 Å². The minimum Gasteiger partial charge on any atom is -0.478 e. The molecule has 1 aromatic carbocycles. The second-order valence-corrected chi connectivity index (χ2v) is 3.96. The predicted molar refractivity (Wildman–Crippen MR) is 44.4 cm³/mol. The minimum atomic E-state index is -4.07. The second kappa shape index (κ2) is 3.84. The smallest absolute Gasteiger partial charge is 0.478 e. The number of hydrogen-bond acceptors (Lipinski definition) is 3. The van der Waals surface area contributed by atoms with Gasteiger partial charge in [0.05, 0.1) is 8.84 Å². The zero-order chi connectivity index (χ0) is 10.8. The number of rotatable bonds is 3. The Bertz CT molecular complexity index is 405. The van der Waals surface area contributed by atoms with E-state index in [1.807, 2.05) is 0 Å². The lowest BCUT2D eigenvalue weighted by atomic mass is 10.2. The molecule has 1 atom stereocenters. The molecule has 14 heavy (non-hydrogen) atoms. The van der Waals surface area contributed by atoms with Gasteiger partial charge in [-0.05, 0) is 10.3 Å². The van der Waals surface area contributed by atoms with E-state index in [0.717, 1.165) is 6.07 Å². The van der Waals surface area contributed by atoms with Gasteiger partial charge in [-0.25, -0.2) is 4.79 Å². The summed E-state index contributed by atoms with van der Waals surface area (Å²) in [4.78, 5) is 10.2. The van der Waals surface area contributed by atoms with E-state index in [-0.39, 0.29) is 5.56 Å². The van der Waals surface area contributed by atoms with E-state index in [2.05, 4.69) is 10.2 Å². The SMILES string of the molecule is [NH3+]O[S+]([O])(=O)c1ccccc1C(=O)O. The molecule has 0 amide bonds. The van der Waals surface area contributed by atoms with E-state index >= 15 is 0 Å². The van der Waals surface area contributed by atoms with Crippen LogP contribution in [0.2, 0.25) is 0 Å². The van der Waals surface area contributed by atoms with Gasteiger partial charge in [-0.1, -0.05) is 12.1 Å². The first-order valence-electron chi connectivity index (χ1n) is 3.50. The van der Waals surface area contributed by atoms with Crippen LogP contribution >= 0.6 is 0 Å². The molecule has 0 heterocycles. The molecule has 75 valence electrons. The fourth-order valence-corrected chi connectivity index (χ4v) is 1.72. The fourth-order valence-electron chi connectivity index (χ4n) is 0.925. The third-order valence-corrected chi connectivity index (χ3v) is 2.75. The first-order valence-corrected chi connectivity index (χ1v) is 4.91. The van der Waals surface area contributed by atoms with E-state index in [9.17, 15) is 13.6 Å². The Labute approximate surface area is 80.7 Å². The molecular formula is C7H8NO5S+2. The molecule has 0 spiro atoms. The van der Waals surface area contributed by atoms with Crippen LogP contribution in [0.4, 0.5) is 0 Å². The molecule has 1 unspecified atom stereocenters. The van der Waals surface area contributed by atoms with Crippen LogP contribution in [0.25, 0.3) is 0 Å². The maximum atomic E-state index is 11.2. The molecule has 0 aliphatic carbocycles. The molecule has 4 N–H and O–H groups in total. The molecular weight excluding hydrogens is 210 g/mol. The summed E-state index contributed by atoms with van der Waals surface area (Å²) in [5.74, 6) is 1.42. The van der Waals surface area contributed by atoms with Crippen molar-refractivity contribution in [3.8, 4) is 0 Å². The first-order chi connectivity index (χ1) is 6.49. The van der Waals surface area contributed by atoms with Crippen LogP contribution in [0.1, 0.15) is 10.4 Å². The molecule has 1 rings (SSSR count). The van der Waals surface area contributed by atoms with Crippen LogP contribution in [0.3, 0.4) is 0 Å². The van der Waals surface area contributed by atoms with Gasteiger partial charge in [-0.3, -0.25) is 0 Å². The summed E-state index contributed by atoms with van der Waals surface area (Å²) in [5.41, 5.74) is -0.337. The zero-order valence-corrected chi connectivity index (χ0v) is 7.82. The van der Waals surface area contributed by atoms with Crippen LogP contribution in [0.5, 0.6) is 0 Å². The standard InChI is InChI=1S/C7H7NO5S/c8-13-14(11,12)6-4-2-1-3-5(6)7(9)10/h1-4H,8H3/q+1/p+1. The average molecular weight is 218 g/mol. The third kappa shape index (κ3) is 1.96. The minimum absolute atomic E-state index is 0.337. The number of hydrogen-bond donors (Lipinski definition) is 2. The summed E-state index contributed by atoms with van der Waals surface area (Å²) in [6.07, 6.45) is 0. The zero-order valence-electron chi connectivity index (χ0n) is 7.00. The molecule has 1 radical (unpaired) electrons. The van der Waals surface area contributed by atoms with Crippen LogP contribution in [-0.2, 0) is 23.5 Å². The molecule has 0 aliphatic rings. The number of benzene rings is 1. The summed E-state index contributed by atoms with van der Waals surface area (Å²) >= 11 is 0. The molecule has 0 saturated carbocycles. The second-order valence-electron chi connectivity index (χ2n) is 2.37. The quantitative estimate of drug-likeness (QED) is 0.534. The van der Waals surface area contributed by atoms with Crippen molar-refractivity contribution in [3.05, 3.63) is 29.8 Å². The maximum absolute atomic E-state index is 11.2. The summed E-state index contributed by atoms with van der Waals surface area (Å²) in [6, 6.07) is 5.14. The van der Waals surface area contributed by atoms with Crippen LogP contribution in [-0.4, -0.2) is 11.1 Å². The van der Waals surface area contributed by atoms with Gasteiger partial charge in [0.15, 0.2) is 0 Å². The maximum Gasteiger partial charge on any atom is 0.483 e. The Hall–Kier alpha value is -1.28. The van der Waals surface area contributed by atoms with Crippen molar-refractivity contribution in [2.45, 2.75) is 4.90 Å². The van der Waals surface area contributed by atoms with E-state index in [1.54, 1.807) is 0 Å². The highest BCUT2D eigenvalue weighted by Crippen LogP contribution is 2.21. The summed E-state index contributed by atoms with van der Waals surface area (Å²) in [6.45, 7) is 0. The number of quaternary nitrogens is 1. The van der Waals surface area contributed by atoms with Gasteiger partial charge in [0.1, 0.15) is 5.56 Å². The molecule has 0 fully saturated rings. The van der Waals surface area contributed by atoms with Gasteiger partial charge >= 0.3 is 16.5 Å². The molecule has 1 aromatic rings. The highest BCUT2D eigenvalue weighted by atomic mass is 32.3. The molecule has 0 saturated heterocycles. The van der Waals surface area contributed by atoms with Gasteiger partial charge in [-0.2, -0.15) is 5.90 Å². The first kappa shape index (κ1) is 10.8. The molecule has 0 aliphatic heterocycles. The van der Waals surface area contributed by atoms with Crippen molar-refractivity contribution in [2.24, 2.45) is 0 Å². The lowest BCUT2D eigenvalue weighted by Crippen LogP contribution is -2.52. The monoisotopic (exact) mass is 218 g/mol. The average Bonchev–Trinajstić information content (AvgIpc) is 2.18. The molecule has 6 nitrogen and oxygen atoms in total. The van der Waals surface area contributed by atoms with Crippen molar-refractivity contribution < 1.29 is 28.8 Å². The Balaban J connectivity index is 3.34. The number of carbonyl (C=O) groups is 1. The molecule has 0 bridgehead atoms. The Morgan fingerprint density at radius 2 is 2.00 bits per heavy atom. The van der Waals surface area contributed by atoms with Crippen molar-refractivity contribution >= 4 is 16.5 Å². The van der Waals surface area contributed by atoms with E-state index in [1.165, 1.54) is 18.2 Å². The lowest BCUT2D eigenvalue weighted by molar-refractivity contribution is -0.637.